The van der Waals surface area contributed by atoms with Crippen LogP contribution in [0.4, 0.5) is 18.9 Å². The monoisotopic (exact) mass is 485 g/mol. The van der Waals surface area contributed by atoms with Gasteiger partial charge >= 0.3 is 6.61 Å². The lowest BCUT2D eigenvalue weighted by Crippen LogP contribution is -2.48. The molecule has 1 aliphatic heterocycles. The van der Waals surface area contributed by atoms with Gasteiger partial charge in [-0.2, -0.15) is 23.8 Å². The third-order valence-electron chi connectivity index (χ3n) is 5.82. The van der Waals surface area contributed by atoms with E-state index in [4.69, 9.17) is 5.73 Å². The van der Waals surface area contributed by atoms with E-state index in [-0.39, 0.29) is 39.8 Å². The first-order valence-corrected chi connectivity index (χ1v) is 11.6. The van der Waals surface area contributed by atoms with Gasteiger partial charge in [0, 0.05) is 5.56 Å². The van der Waals surface area contributed by atoms with Gasteiger partial charge in [-0.05, 0) is 44.4 Å². The van der Waals surface area contributed by atoms with Gasteiger partial charge in [-0.15, -0.1) is 0 Å². The van der Waals surface area contributed by atoms with Gasteiger partial charge in [-0.1, -0.05) is 0 Å². The number of rotatable bonds is 5. The largest absolute Gasteiger partial charge is 0.433 e. The van der Waals surface area contributed by atoms with Crippen LogP contribution in [0.15, 0.2) is 29.5 Å². The van der Waals surface area contributed by atoms with Crippen molar-refractivity contribution in [3.8, 4) is 5.75 Å². The minimum absolute atomic E-state index is 0.0570. The number of halogens is 3. The van der Waals surface area contributed by atoms with Crippen molar-refractivity contribution in [2.75, 3.05) is 11.1 Å². The van der Waals surface area contributed by atoms with E-state index in [1.54, 1.807) is 0 Å². The van der Waals surface area contributed by atoms with Crippen LogP contribution >= 0.6 is 10.6 Å². The standard InChI is InChI=1S/C20H22F3N5O4S/c1-10-5-12(32-18(22)23)8-25-14(10)16(29)27-11-6-13(15(21)26-7-11)19(2)9-33(30,31)20(3-4-20)17(24)28-19/h5-8,18,30-31H,3-4,9H2,1-2H3,(H2,24,28)(H,27,29)/t19-/m0/s1. The number of ether oxygens (including phenoxy) is 1. The van der Waals surface area contributed by atoms with Crippen molar-refractivity contribution in [3.05, 3.63) is 47.3 Å². The number of nitrogens with two attached hydrogens (primary N) is 1. The van der Waals surface area contributed by atoms with Crippen molar-refractivity contribution in [1.82, 2.24) is 9.97 Å². The predicted molar refractivity (Wildman–Crippen MR) is 116 cm³/mol. The molecule has 5 N–H and O–H groups in total. The van der Waals surface area contributed by atoms with E-state index < -0.39 is 39.3 Å². The summed E-state index contributed by atoms with van der Waals surface area (Å²) in [5, 5.41) is 2.53. The highest BCUT2D eigenvalue weighted by Crippen LogP contribution is 2.69. The summed E-state index contributed by atoms with van der Waals surface area (Å²) in [5.41, 5.74) is 4.89. The first kappa shape index (κ1) is 23.3. The molecule has 1 saturated carbocycles. The third kappa shape index (κ3) is 4.11. The van der Waals surface area contributed by atoms with Crippen LogP contribution in [-0.4, -0.2) is 47.9 Å². The fourth-order valence-corrected chi connectivity index (χ4v) is 6.39. The summed E-state index contributed by atoms with van der Waals surface area (Å²) in [7, 11) is -3.18. The maximum Gasteiger partial charge on any atom is 0.387 e. The molecule has 2 aromatic rings. The maximum absolute atomic E-state index is 14.7. The highest BCUT2D eigenvalue weighted by atomic mass is 32.3. The molecule has 1 amide bonds. The summed E-state index contributed by atoms with van der Waals surface area (Å²) in [6.07, 6.45) is 3.08. The number of pyridine rings is 2. The Kier molecular flexibility index (Phi) is 5.53. The number of nitrogens with zero attached hydrogens (tertiary/aromatic N) is 3. The smallest absolute Gasteiger partial charge is 0.387 e. The number of carbonyl (C=O) groups excluding carboxylic acids is 1. The number of alkyl halides is 2. The van der Waals surface area contributed by atoms with Gasteiger partial charge < -0.3 is 15.8 Å². The van der Waals surface area contributed by atoms with Crippen molar-refractivity contribution in [1.29, 1.82) is 0 Å². The highest BCUT2D eigenvalue weighted by Gasteiger charge is 2.62. The fraction of sp³-hybridized carbons (Fsp3) is 0.400. The molecular weight excluding hydrogens is 463 g/mol. The Morgan fingerprint density at radius 3 is 2.55 bits per heavy atom. The Balaban J connectivity index is 1.61. The summed E-state index contributed by atoms with van der Waals surface area (Å²) in [4.78, 5) is 24.6. The molecule has 1 aliphatic carbocycles. The molecule has 33 heavy (non-hydrogen) atoms. The molecule has 0 bridgehead atoms. The molecule has 1 spiro atoms. The average Bonchev–Trinajstić information content (AvgIpc) is 3.50. The quantitative estimate of drug-likeness (QED) is 0.474. The maximum atomic E-state index is 14.7. The first-order valence-electron chi connectivity index (χ1n) is 9.87. The Morgan fingerprint density at radius 1 is 1.27 bits per heavy atom. The van der Waals surface area contributed by atoms with E-state index in [1.807, 2.05) is 0 Å². The molecule has 0 aromatic carbocycles. The predicted octanol–water partition coefficient (Wildman–Crippen LogP) is 3.65. The zero-order valence-electron chi connectivity index (χ0n) is 17.7. The number of nitrogens with one attached hydrogen (secondary N) is 1. The average molecular weight is 485 g/mol. The second-order valence-electron chi connectivity index (χ2n) is 8.31. The van der Waals surface area contributed by atoms with Crippen LogP contribution in [0.3, 0.4) is 0 Å². The molecule has 178 valence electrons. The Bertz CT molecular complexity index is 1160. The van der Waals surface area contributed by atoms with E-state index >= 15 is 0 Å². The Labute approximate surface area is 188 Å². The van der Waals surface area contributed by atoms with Crippen LogP contribution in [0.1, 0.15) is 41.4 Å². The van der Waals surface area contributed by atoms with Gasteiger partial charge in [0.1, 0.15) is 27.6 Å². The van der Waals surface area contributed by atoms with Crippen LogP contribution in [0.25, 0.3) is 0 Å². The summed E-state index contributed by atoms with van der Waals surface area (Å²) in [6.45, 7) is -0.0171. The number of carbonyl (C=O) groups is 1. The number of aliphatic imine (C=N–C) groups is 1. The number of anilines is 1. The van der Waals surface area contributed by atoms with Gasteiger partial charge in [-0.3, -0.25) is 18.9 Å². The van der Waals surface area contributed by atoms with Crippen LogP contribution in [-0.2, 0) is 5.54 Å². The number of amidine groups is 1. The minimum Gasteiger partial charge on any atom is -0.433 e. The lowest BCUT2D eigenvalue weighted by Gasteiger charge is -2.49. The zero-order chi connectivity index (χ0) is 24.2. The molecule has 9 nitrogen and oxygen atoms in total. The molecule has 3 heterocycles. The lowest BCUT2D eigenvalue weighted by atomic mass is 9.95. The molecule has 2 aliphatic rings. The molecule has 1 atom stereocenters. The Morgan fingerprint density at radius 2 is 1.97 bits per heavy atom. The first-order chi connectivity index (χ1) is 15.4. The van der Waals surface area contributed by atoms with Gasteiger partial charge in [0.15, 0.2) is 0 Å². The van der Waals surface area contributed by atoms with Crippen molar-refractivity contribution in [2.24, 2.45) is 10.7 Å². The number of hydrogen-bond donors (Lipinski definition) is 4. The summed E-state index contributed by atoms with van der Waals surface area (Å²) >= 11 is 0. The fourth-order valence-electron chi connectivity index (χ4n) is 3.97. The van der Waals surface area contributed by atoms with E-state index in [2.05, 4.69) is 25.0 Å². The normalized spacial score (nSPS) is 23.7. The summed E-state index contributed by atoms with van der Waals surface area (Å²) < 4.78 is 64.1. The molecule has 0 saturated heterocycles. The zero-order valence-corrected chi connectivity index (χ0v) is 18.5. The number of amides is 1. The number of aromatic nitrogens is 2. The second-order valence-corrected chi connectivity index (χ2v) is 10.7. The van der Waals surface area contributed by atoms with Crippen LogP contribution < -0.4 is 15.8 Å². The summed E-state index contributed by atoms with van der Waals surface area (Å²) in [6, 6.07) is 2.53. The molecule has 0 radical (unpaired) electrons. The van der Waals surface area contributed by atoms with Gasteiger partial charge in [-0.25, -0.2) is 9.97 Å². The van der Waals surface area contributed by atoms with Gasteiger partial charge in [0.2, 0.25) is 5.95 Å². The molecule has 2 aromatic heterocycles. The topological polar surface area (TPSA) is 143 Å². The number of aryl methyl sites for hydroxylation is 1. The SMILES string of the molecule is Cc1cc(OC(F)F)cnc1C(=O)Nc1cnc(F)c([C@]2(C)CS(O)(O)C3(CC3)C(N)=N2)c1. The van der Waals surface area contributed by atoms with Crippen LogP contribution in [0, 0.1) is 12.9 Å². The van der Waals surface area contributed by atoms with Crippen molar-refractivity contribution in [2.45, 2.75) is 43.6 Å². The van der Waals surface area contributed by atoms with E-state index in [1.165, 1.54) is 26.0 Å². The molecule has 0 unspecified atom stereocenters. The van der Waals surface area contributed by atoms with E-state index in [0.29, 0.717) is 12.8 Å². The highest BCUT2D eigenvalue weighted by molar-refractivity contribution is 8.26. The van der Waals surface area contributed by atoms with Gasteiger partial charge in [0.05, 0.1) is 23.8 Å². The number of hydrogen-bond acceptors (Lipinski definition) is 8. The van der Waals surface area contributed by atoms with Crippen molar-refractivity contribution in [3.63, 3.8) is 0 Å². The van der Waals surface area contributed by atoms with Crippen LogP contribution in [0.2, 0.25) is 0 Å². The molecule has 1 fully saturated rings. The molecule has 4 rings (SSSR count). The van der Waals surface area contributed by atoms with E-state index in [0.717, 1.165) is 12.4 Å². The van der Waals surface area contributed by atoms with Gasteiger partial charge in [0.25, 0.3) is 5.91 Å². The third-order valence-corrected chi connectivity index (χ3v) is 8.65. The van der Waals surface area contributed by atoms with E-state index in [9.17, 15) is 27.1 Å². The lowest BCUT2D eigenvalue weighted by molar-refractivity contribution is -0.0501. The van der Waals surface area contributed by atoms with Crippen LogP contribution in [0.5, 0.6) is 5.75 Å². The second kappa shape index (κ2) is 7.85. The minimum atomic E-state index is -3.18. The molecule has 13 heteroatoms. The van der Waals surface area contributed by atoms with Crippen molar-refractivity contribution < 1.29 is 31.8 Å². The molecular formula is C20H22F3N5O4S. The summed E-state index contributed by atoms with van der Waals surface area (Å²) in [5.74, 6) is -1.94. The Hall–Kier alpha value is -2.90. The van der Waals surface area contributed by atoms with Crippen molar-refractivity contribution >= 4 is 28.0 Å².